The van der Waals surface area contributed by atoms with Crippen molar-refractivity contribution in [1.82, 2.24) is 0 Å². The van der Waals surface area contributed by atoms with Crippen molar-refractivity contribution >= 4 is 17.3 Å². The summed E-state index contributed by atoms with van der Waals surface area (Å²) in [6.07, 6.45) is 0. The molecule has 0 amide bonds. The summed E-state index contributed by atoms with van der Waals surface area (Å²) in [4.78, 5) is 14.7. The van der Waals surface area contributed by atoms with E-state index in [1.165, 1.54) is 0 Å². The number of nitriles is 1. The maximum Gasteiger partial charge on any atom is 0.308 e. The average molecular weight is 261 g/mol. The zero-order valence-electron chi connectivity index (χ0n) is 11.5. The molecular weight excluding hydrogens is 242 g/mol. The average Bonchev–Trinajstić information content (AvgIpc) is 2.38. The molecule has 1 N–H and O–H groups in total. The molecule has 0 spiro atoms. The highest BCUT2D eigenvalue weighted by molar-refractivity contribution is 5.70. The molecule has 19 heavy (non-hydrogen) atoms. The van der Waals surface area contributed by atoms with E-state index < -0.39 is 11.9 Å². The minimum absolute atomic E-state index is 0.179. The maximum absolute atomic E-state index is 10.9. The molecule has 0 saturated heterocycles. The highest BCUT2D eigenvalue weighted by Crippen LogP contribution is 2.20. The van der Waals surface area contributed by atoms with Crippen LogP contribution >= 0.6 is 0 Å². The fourth-order valence-corrected chi connectivity index (χ4v) is 1.72. The third kappa shape index (κ3) is 4.18. The van der Waals surface area contributed by atoms with Crippen molar-refractivity contribution in [1.29, 1.82) is 5.26 Å². The van der Waals surface area contributed by atoms with Crippen molar-refractivity contribution in [2.75, 3.05) is 37.0 Å². The molecular formula is C14H19N3O2. The van der Waals surface area contributed by atoms with E-state index in [0.717, 1.165) is 11.4 Å². The summed E-state index contributed by atoms with van der Waals surface area (Å²) in [5.74, 6) is -1.37. The summed E-state index contributed by atoms with van der Waals surface area (Å²) in [6.45, 7) is 2.14. The van der Waals surface area contributed by atoms with Gasteiger partial charge in [0, 0.05) is 32.0 Å². The highest BCUT2D eigenvalue weighted by Gasteiger charge is 2.16. The first-order chi connectivity index (χ1) is 8.95. The van der Waals surface area contributed by atoms with Crippen LogP contribution < -0.4 is 9.80 Å². The van der Waals surface area contributed by atoms with Crippen molar-refractivity contribution in [3.05, 3.63) is 24.3 Å². The van der Waals surface area contributed by atoms with E-state index in [2.05, 4.69) is 6.07 Å². The van der Waals surface area contributed by atoms with E-state index in [0.29, 0.717) is 6.54 Å². The first-order valence-corrected chi connectivity index (χ1v) is 6.07. The van der Waals surface area contributed by atoms with Gasteiger partial charge < -0.3 is 14.9 Å². The Morgan fingerprint density at radius 3 is 2.26 bits per heavy atom. The van der Waals surface area contributed by atoms with Crippen molar-refractivity contribution in [2.24, 2.45) is 5.92 Å². The third-order valence-electron chi connectivity index (χ3n) is 2.91. The lowest BCUT2D eigenvalue weighted by atomic mass is 10.1. The predicted octanol–water partition coefficient (Wildman–Crippen LogP) is 1.80. The Bertz CT molecular complexity index is 463. The zero-order chi connectivity index (χ0) is 14.4. The fraction of sp³-hybridized carbons (Fsp3) is 0.429. The topological polar surface area (TPSA) is 67.6 Å². The van der Waals surface area contributed by atoms with Crippen molar-refractivity contribution in [2.45, 2.75) is 6.92 Å². The Kier molecular flexibility index (Phi) is 5.19. The van der Waals surface area contributed by atoms with Gasteiger partial charge in [-0.05, 0) is 24.3 Å². The minimum atomic E-state index is -0.854. The standard InChI is InChI=1S/C14H19N3O2/c1-11(14(18)19)10-17(9-8-15)13-6-4-12(5-7-13)16(2)3/h4-7,11H,9-10H2,1-3H3,(H,18,19). The highest BCUT2D eigenvalue weighted by atomic mass is 16.4. The summed E-state index contributed by atoms with van der Waals surface area (Å²) in [6, 6.07) is 9.78. The number of carboxylic acid groups (broad SMARTS) is 1. The molecule has 0 aliphatic carbocycles. The second kappa shape index (κ2) is 6.64. The molecule has 0 fully saturated rings. The van der Waals surface area contributed by atoms with Crippen LogP contribution in [0.1, 0.15) is 6.92 Å². The van der Waals surface area contributed by atoms with Crippen LogP contribution in [-0.4, -0.2) is 38.3 Å². The monoisotopic (exact) mass is 261 g/mol. The SMILES string of the molecule is CC(CN(CC#N)c1ccc(N(C)C)cc1)C(=O)O. The summed E-state index contributed by atoms with van der Waals surface area (Å²) in [5.41, 5.74) is 1.92. The molecule has 1 aromatic carbocycles. The number of carbonyl (C=O) groups is 1. The molecule has 1 atom stereocenters. The van der Waals surface area contributed by atoms with Gasteiger partial charge >= 0.3 is 5.97 Å². The Labute approximate surface area is 113 Å². The van der Waals surface area contributed by atoms with Gasteiger partial charge in [-0.3, -0.25) is 4.79 Å². The van der Waals surface area contributed by atoms with E-state index >= 15 is 0 Å². The van der Waals surface area contributed by atoms with E-state index in [-0.39, 0.29) is 6.54 Å². The lowest BCUT2D eigenvalue weighted by molar-refractivity contribution is -0.140. The first kappa shape index (κ1) is 14.8. The van der Waals surface area contributed by atoms with Crippen molar-refractivity contribution in [3.8, 4) is 6.07 Å². The molecule has 102 valence electrons. The molecule has 0 heterocycles. The minimum Gasteiger partial charge on any atom is -0.481 e. The summed E-state index contributed by atoms with van der Waals surface area (Å²) < 4.78 is 0. The number of rotatable bonds is 6. The Hall–Kier alpha value is -2.22. The van der Waals surface area contributed by atoms with E-state index in [1.54, 1.807) is 11.8 Å². The molecule has 1 rings (SSSR count). The summed E-state index contributed by atoms with van der Waals surface area (Å²) in [7, 11) is 3.91. The van der Waals surface area contributed by atoms with Gasteiger partial charge in [0.25, 0.3) is 0 Å². The van der Waals surface area contributed by atoms with Gasteiger partial charge in [-0.25, -0.2) is 0 Å². The van der Waals surface area contributed by atoms with Crippen LogP contribution in [0.2, 0.25) is 0 Å². The van der Waals surface area contributed by atoms with Crippen LogP contribution in [-0.2, 0) is 4.79 Å². The van der Waals surface area contributed by atoms with Gasteiger partial charge in [0.05, 0.1) is 12.0 Å². The van der Waals surface area contributed by atoms with Crippen LogP contribution in [0.3, 0.4) is 0 Å². The number of benzene rings is 1. The molecule has 0 radical (unpaired) electrons. The molecule has 5 nitrogen and oxygen atoms in total. The van der Waals surface area contributed by atoms with Crippen LogP contribution in [0.25, 0.3) is 0 Å². The predicted molar refractivity (Wildman–Crippen MR) is 75.4 cm³/mol. The maximum atomic E-state index is 10.9. The van der Waals surface area contributed by atoms with Crippen LogP contribution in [0.15, 0.2) is 24.3 Å². The number of hydrogen-bond donors (Lipinski definition) is 1. The van der Waals surface area contributed by atoms with Crippen molar-refractivity contribution < 1.29 is 9.90 Å². The molecule has 1 unspecified atom stereocenters. The Balaban J connectivity index is 2.87. The zero-order valence-corrected chi connectivity index (χ0v) is 11.5. The molecule has 0 bridgehead atoms. The lowest BCUT2D eigenvalue weighted by Gasteiger charge is -2.24. The molecule has 0 aliphatic heterocycles. The van der Waals surface area contributed by atoms with Gasteiger partial charge in [-0.2, -0.15) is 5.26 Å². The molecule has 0 aromatic heterocycles. The number of aliphatic carboxylic acids is 1. The molecule has 1 aromatic rings. The first-order valence-electron chi connectivity index (χ1n) is 6.07. The van der Waals surface area contributed by atoms with Crippen LogP contribution in [0.5, 0.6) is 0 Å². The molecule has 0 aliphatic rings. The van der Waals surface area contributed by atoms with Gasteiger partial charge in [0.2, 0.25) is 0 Å². The number of nitrogens with zero attached hydrogens (tertiary/aromatic N) is 3. The summed E-state index contributed by atoms with van der Waals surface area (Å²) in [5, 5.41) is 17.8. The van der Waals surface area contributed by atoms with Crippen molar-refractivity contribution in [3.63, 3.8) is 0 Å². The number of anilines is 2. The lowest BCUT2D eigenvalue weighted by Crippen LogP contribution is -2.32. The Morgan fingerprint density at radius 2 is 1.84 bits per heavy atom. The largest absolute Gasteiger partial charge is 0.481 e. The van der Waals surface area contributed by atoms with E-state index in [9.17, 15) is 4.79 Å². The van der Waals surface area contributed by atoms with Gasteiger partial charge in [0.1, 0.15) is 6.54 Å². The Morgan fingerprint density at radius 1 is 1.32 bits per heavy atom. The molecule has 5 heteroatoms. The van der Waals surface area contributed by atoms with E-state index in [4.69, 9.17) is 10.4 Å². The third-order valence-corrected chi connectivity index (χ3v) is 2.91. The van der Waals surface area contributed by atoms with Gasteiger partial charge in [-0.15, -0.1) is 0 Å². The van der Waals surface area contributed by atoms with Gasteiger partial charge in [-0.1, -0.05) is 6.92 Å². The van der Waals surface area contributed by atoms with Crippen LogP contribution in [0, 0.1) is 17.2 Å². The molecule has 0 saturated carbocycles. The fourth-order valence-electron chi connectivity index (χ4n) is 1.72. The quantitative estimate of drug-likeness (QED) is 0.791. The number of carboxylic acids is 1. The van der Waals surface area contributed by atoms with E-state index in [1.807, 2.05) is 43.3 Å². The number of hydrogen-bond acceptors (Lipinski definition) is 4. The second-order valence-electron chi connectivity index (χ2n) is 4.69. The van der Waals surface area contributed by atoms with Crippen LogP contribution in [0.4, 0.5) is 11.4 Å². The normalized spacial score (nSPS) is 11.5. The van der Waals surface area contributed by atoms with Gasteiger partial charge in [0.15, 0.2) is 0 Å². The second-order valence-corrected chi connectivity index (χ2v) is 4.69. The smallest absolute Gasteiger partial charge is 0.308 e. The summed E-state index contributed by atoms with van der Waals surface area (Å²) >= 11 is 0.